The predicted octanol–water partition coefficient (Wildman–Crippen LogP) is 2.61. The van der Waals surface area contributed by atoms with Crippen LogP contribution in [0.25, 0.3) is 0 Å². The van der Waals surface area contributed by atoms with Crippen LogP contribution in [0.5, 0.6) is 11.5 Å². The molecule has 0 fully saturated rings. The first-order chi connectivity index (χ1) is 10.5. The highest BCUT2D eigenvalue weighted by Crippen LogP contribution is 2.22. The van der Waals surface area contributed by atoms with Crippen molar-refractivity contribution in [3.8, 4) is 11.5 Å². The third-order valence-corrected chi connectivity index (χ3v) is 2.99. The molecule has 0 bridgehead atoms. The van der Waals surface area contributed by atoms with Crippen LogP contribution in [0.2, 0.25) is 0 Å². The SMILES string of the molecule is CC(=O)NC(Cc1cccc(Oc2ccccc2)c1)C(=O)O. The smallest absolute Gasteiger partial charge is 0.326 e. The Bertz CT molecular complexity index is 655. The summed E-state index contributed by atoms with van der Waals surface area (Å²) in [5, 5.41) is 11.6. The first-order valence-electron chi connectivity index (χ1n) is 6.86. The van der Waals surface area contributed by atoms with E-state index in [4.69, 9.17) is 9.84 Å². The van der Waals surface area contributed by atoms with Crippen molar-refractivity contribution in [1.29, 1.82) is 0 Å². The average Bonchev–Trinajstić information content (AvgIpc) is 2.47. The highest BCUT2D eigenvalue weighted by atomic mass is 16.5. The van der Waals surface area contributed by atoms with Gasteiger partial charge in [-0.1, -0.05) is 30.3 Å². The lowest BCUT2D eigenvalue weighted by Crippen LogP contribution is -2.41. The molecule has 0 aliphatic rings. The van der Waals surface area contributed by atoms with Gasteiger partial charge in [-0.3, -0.25) is 4.79 Å². The maximum Gasteiger partial charge on any atom is 0.326 e. The summed E-state index contributed by atoms with van der Waals surface area (Å²) in [4.78, 5) is 22.2. The van der Waals surface area contributed by atoms with Gasteiger partial charge in [0, 0.05) is 13.3 Å². The molecule has 0 heterocycles. The molecule has 0 saturated heterocycles. The van der Waals surface area contributed by atoms with Crippen LogP contribution in [0.4, 0.5) is 0 Å². The number of hydrogen-bond donors (Lipinski definition) is 2. The van der Waals surface area contributed by atoms with Crippen LogP contribution in [-0.2, 0) is 16.0 Å². The normalized spacial score (nSPS) is 11.5. The Labute approximate surface area is 128 Å². The van der Waals surface area contributed by atoms with Crippen LogP contribution in [0, 0.1) is 0 Å². The molecule has 0 aliphatic heterocycles. The lowest BCUT2D eigenvalue weighted by Gasteiger charge is -2.14. The number of nitrogens with one attached hydrogen (secondary N) is 1. The van der Waals surface area contributed by atoms with E-state index in [-0.39, 0.29) is 12.3 Å². The first kappa shape index (κ1) is 15.6. The summed E-state index contributed by atoms with van der Waals surface area (Å²) in [6.45, 7) is 1.30. The van der Waals surface area contributed by atoms with Gasteiger partial charge < -0.3 is 15.2 Å². The minimum atomic E-state index is -1.07. The third-order valence-electron chi connectivity index (χ3n) is 2.99. The molecule has 0 aromatic heterocycles. The Morgan fingerprint density at radius 3 is 2.41 bits per heavy atom. The fraction of sp³-hybridized carbons (Fsp3) is 0.176. The molecule has 0 radical (unpaired) electrons. The van der Waals surface area contributed by atoms with Gasteiger partial charge in [0.05, 0.1) is 0 Å². The molecule has 0 spiro atoms. The van der Waals surface area contributed by atoms with E-state index in [0.29, 0.717) is 11.5 Å². The van der Waals surface area contributed by atoms with E-state index in [1.807, 2.05) is 30.3 Å². The summed E-state index contributed by atoms with van der Waals surface area (Å²) in [5.41, 5.74) is 0.773. The molecule has 114 valence electrons. The summed E-state index contributed by atoms with van der Waals surface area (Å²) >= 11 is 0. The number of rotatable bonds is 6. The van der Waals surface area contributed by atoms with E-state index in [1.54, 1.807) is 24.3 Å². The van der Waals surface area contributed by atoms with Gasteiger partial charge >= 0.3 is 5.97 Å². The zero-order chi connectivity index (χ0) is 15.9. The van der Waals surface area contributed by atoms with Crippen LogP contribution in [0.1, 0.15) is 12.5 Å². The van der Waals surface area contributed by atoms with Crippen molar-refractivity contribution in [2.75, 3.05) is 0 Å². The van der Waals surface area contributed by atoms with Crippen LogP contribution in [0.3, 0.4) is 0 Å². The second-order valence-corrected chi connectivity index (χ2v) is 4.86. The van der Waals surface area contributed by atoms with E-state index in [1.165, 1.54) is 6.92 Å². The number of carboxylic acids is 1. The molecule has 1 amide bonds. The maximum atomic E-state index is 11.2. The highest BCUT2D eigenvalue weighted by molar-refractivity contribution is 5.82. The van der Waals surface area contributed by atoms with Crippen LogP contribution < -0.4 is 10.1 Å². The largest absolute Gasteiger partial charge is 0.480 e. The van der Waals surface area contributed by atoms with E-state index < -0.39 is 12.0 Å². The zero-order valence-corrected chi connectivity index (χ0v) is 12.2. The van der Waals surface area contributed by atoms with Crippen LogP contribution >= 0.6 is 0 Å². The number of carboxylic acid groups (broad SMARTS) is 1. The quantitative estimate of drug-likeness (QED) is 0.859. The van der Waals surface area contributed by atoms with Gasteiger partial charge in [0.25, 0.3) is 0 Å². The first-order valence-corrected chi connectivity index (χ1v) is 6.86. The summed E-state index contributed by atoms with van der Waals surface area (Å²) in [5.74, 6) is -0.111. The Balaban J connectivity index is 2.10. The molecule has 5 nitrogen and oxygen atoms in total. The molecule has 2 N–H and O–H groups in total. The lowest BCUT2D eigenvalue weighted by atomic mass is 10.1. The summed E-state index contributed by atoms with van der Waals surface area (Å²) < 4.78 is 5.71. The average molecular weight is 299 g/mol. The van der Waals surface area contributed by atoms with Crippen molar-refractivity contribution >= 4 is 11.9 Å². The Morgan fingerprint density at radius 1 is 1.09 bits per heavy atom. The van der Waals surface area contributed by atoms with E-state index >= 15 is 0 Å². The number of carbonyl (C=O) groups excluding carboxylic acids is 1. The number of benzene rings is 2. The van der Waals surface area contributed by atoms with Crippen molar-refractivity contribution in [1.82, 2.24) is 5.32 Å². The number of hydrogen-bond acceptors (Lipinski definition) is 3. The minimum Gasteiger partial charge on any atom is -0.480 e. The van der Waals surface area contributed by atoms with Crippen molar-refractivity contribution < 1.29 is 19.4 Å². The Morgan fingerprint density at radius 2 is 1.77 bits per heavy atom. The predicted molar refractivity (Wildman–Crippen MR) is 81.9 cm³/mol. The van der Waals surface area contributed by atoms with Gasteiger partial charge in [-0.2, -0.15) is 0 Å². The van der Waals surface area contributed by atoms with Gasteiger partial charge in [0.2, 0.25) is 5.91 Å². The van der Waals surface area contributed by atoms with Crippen molar-refractivity contribution in [3.05, 3.63) is 60.2 Å². The number of aliphatic carboxylic acids is 1. The summed E-state index contributed by atoms with van der Waals surface area (Å²) in [6.07, 6.45) is 0.195. The van der Waals surface area contributed by atoms with Gasteiger partial charge in [0.1, 0.15) is 17.5 Å². The Hall–Kier alpha value is -2.82. The monoisotopic (exact) mass is 299 g/mol. The Kier molecular flexibility index (Phi) is 5.14. The summed E-state index contributed by atoms with van der Waals surface area (Å²) in [7, 11) is 0. The molecule has 0 aliphatic carbocycles. The third kappa shape index (κ3) is 4.63. The van der Waals surface area contributed by atoms with Gasteiger partial charge in [-0.25, -0.2) is 4.79 Å². The lowest BCUT2D eigenvalue weighted by molar-refractivity contribution is -0.141. The molecule has 2 aromatic carbocycles. The number of carbonyl (C=O) groups is 2. The second kappa shape index (κ2) is 7.26. The molecular formula is C17H17NO4. The molecule has 2 rings (SSSR count). The van der Waals surface area contributed by atoms with Crippen LogP contribution in [0.15, 0.2) is 54.6 Å². The minimum absolute atomic E-state index is 0.195. The second-order valence-electron chi connectivity index (χ2n) is 4.86. The molecule has 22 heavy (non-hydrogen) atoms. The fourth-order valence-corrected chi connectivity index (χ4v) is 2.04. The molecule has 5 heteroatoms. The summed E-state index contributed by atoms with van der Waals surface area (Å²) in [6, 6.07) is 15.5. The fourth-order valence-electron chi connectivity index (χ4n) is 2.04. The van der Waals surface area contributed by atoms with E-state index in [2.05, 4.69) is 5.32 Å². The standard InChI is InChI=1S/C17H17NO4/c1-12(19)18-16(17(20)21)11-13-6-5-9-15(10-13)22-14-7-3-2-4-8-14/h2-10,16H,11H2,1H3,(H,18,19)(H,20,21). The molecule has 1 unspecified atom stereocenters. The molecule has 1 atom stereocenters. The molecule has 2 aromatic rings. The van der Waals surface area contributed by atoms with Gasteiger partial charge in [-0.05, 0) is 29.8 Å². The van der Waals surface area contributed by atoms with Crippen molar-refractivity contribution in [2.45, 2.75) is 19.4 Å². The number of ether oxygens (including phenoxy) is 1. The van der Waals surface area contributed by atoms with E-state index in [9.17, 15) is 9.59 Å². The van der Waals surface area contributed by atoms with Crippen molar-refractivity contribution in [3.63, 3.8) is 0 Å². The molecule has 0 saturated carbocycles. The number of para-hydroxylation sites is 1. The van der Waals surface area contributed by atoms with Crippen molar-refractivity contribution in [2.24, 2.45) is 0 Å². The maximum absolute atomic E-state index is 11.2. The van der Waals surface area contributed by atoms with E-state index in [0.717, 1.165) is 5.56 Å². The topological polar surface area (TPSA) is 75.6 Å². The van der Waals surface area contributed by atoms with Gasteiger partial charge in [-0.15, -0.1) is 0 Å². The zero-order valence-electron chi connectivity index (χ0n) is 12.2. The molecular weight excluding hydrogens is 282 g/mol. The van der Waals surface area contributed by atoms with Crippen LogP contribution in [-0.4, -0.2) is 23.0 Å². The van der Waals surface area contributed by atoms with Gasteiger partial charge in [0.15, 0.2) is 0 Å². The number of amides is 1. The highest BCUT2D eigenvalue weighted by Gasteiger charge is 2.18.